The molecule has 4 heteroatoms. The SMILES string of the molecule is C[C@H](N)c1cc2cccc(C#CCO)c2c(=O)n1-c1ccccc1. The van der Waals surface area contributed by atoms with Gasteiger partial charge in [0.25, 0.3) is 5.56 Å². The Morgan fingerprint density at radius 3 is 2.58 bits per heavy atom. The minimum absolute atomic E-state index is 0.158. The lowest BCUT2D eigenvalue weighted by atomic mass is 10.0. The molecule has 0 aliphatic carbocycles. The van der Waals surface area contributed by atoms with Crippen LogP contribution in [0, 0.1) is 11.8 Å². The van der Waals surface area contributed by atoms with Gasteiger partial charge in [-0.25, -0.2) is 0 Å². The maximum atomic E-state index is 13.2. The first-order valence-corrected chi connectivity index (χ1v) is 7.73. The summed E-state index contributed by atoms with van der Waals surface area (Å²) in [5, 5.41) is 10.3. The molecule has 1 heterocycles. The lowest BCUT2D eigenvalue weighted by Gasteiger charge is -2.17. The van der Waals surface area contributed by atoms with Gasteiger partial charge >= 0.3 is 0 Å². The summed E-state index contributed by atoms with van der Waals surface area (Å²) in [5.41, 5.74) is 8.06. The minimum atomic E-state index is -0.297. The smallest absolute Gasteiger partial charge is 0.264 e. The van der Waals surface area contributed by atoms with Crippen LogP contribution in [0.3, 0.4) is 0 Å². The highest BCUT2D eigenvalue weighted by atomic mass is 16.2. The van der Waals surface area contributed by atoms with Crippen molar-refractivity contribution in [2.75, 3.05) is 6.61 Å². The van der Waals surface area contributed by atoms with Crippen molar-refractivity contribution >= 4 is 10.8 Å². The molecule has 3 aromatic rings. The third-order valence-corrected chi connectivity index (χ3v) is 3.86. The predicted octanol–water partition coefficient (Wildman–Crippen LogP) is 2.35. The van der Waals surface area contributed by atoms with Gasteiger partial charge in [-0.3, -0.25) is 9.36 Å². The Morgan fingerprint density at radius 1 is 1.17 bits per heavy atom. The number of rotatable bonds is 2. The van der Waals surface area contributed by atoms with Gasteiger partial charge in [0, 0.05) is 23.0 Å². The van der Waals surface area contributed by atoms with Gasteiger partial charge in [-0.15, -0.1) is 0 Å². The predicted molar refractivity (Wildman–Crippen MR) is 96.1 cm³/mol. The number of hydrogen-bond donors (Lipinski definition) is 2. The Balaban J connectivity index is 2.43. The molecule has 0 fully saturated rings. The molecule has 1 aromatic heterocycles. The molecule has 120 valence electrons. The van der Waals surface area contributed by atoms with Crippen LogP contribution in [-0.2, 0) is 0 Å². The van der Waals surface area contributed by atoms with Gasteiger partial charge in [-0.1, -0.05) is 42.2 Å². The molecule has 2 aromatic carbocycles. The Bertz CT molecular complexity index is 993. The second-order valence-electron chi connectivity index (χ2n) is 5.56. The molecule has 0 unspecified atom stereocenters. The minimum Gasteiger partial charge on any atom is -0.384 e. The van der Waals surface area contributed by atoms with Crippen molar-refractivity contribution in [3.63, 3.8) is 0 Å². The largest absolute Gasteiger partial charge is 0.384 e. The molecule has 3 N–H and O–H groups in total. The highest BCUT2D eigenvalue weighted by molar-refractivity contribution is 5.88. The molecule has 0 aliphatic rings. The number of nitrogens with two attached hydrogens (primary N) is 1. The molecule has 1 atom stereocenters. The molecule has 0 saturated carbocycles. The van der Waals surface area contributed by atoms with Crippen LogP contribution >= 0.6 is 0 Å². The van der Waals surface area contributed by atoms with Gasteiger partial charge in [0.15, 0.2) is 0 Å². The van der Waals surface area contributed by atoms with Gasteiger partial charge in [-0.2, -0.15) is 0 Å². The van der Waals surface area contributed by atoms with Crippen LogP contribution in [0.25, 0.3) is 16.5 Å². The molecule has 24 heavy (non-hydrogen) atoms. The summed E-state index contributed by atoms with van der Waals surface area (Å²) in [5.74, 6) is 5.47. The summed E-state index contributed by atoms with van der Waals surface area (Å²) >= 11 is 0. The summed E-state index contributed by atoms with van der Waals surface area (Å²) in [6.07, 6.45) is 0. The van der Waals surface area contributed by atoms with E-state index in [1.807, 2.05) is 55.5 Å². The summed E-state index contributed by atoms with van der Waals surface area (Å²) in [7, 11) is 0. The van der Waals surface area contributed by atoms with Crippen LogP contribution in [0.4, 0.5) is 0 Å². The van der Waals surface area contributed by atoms with Crippen LogP contribution in [0.15, 0.2) is 59.4 Å². The van der Waals surface area contributed by atoms with Crippen molar-refractivity contribution in [2.24, 2.45) is 5.73 Å². The van der Waals surface area contributed by atoms with Crippen LogP contribution < -0.4 is 11.3 Å². The van der Waals surface area contributed by atoms with Crippen molar-refractivity contribution in [3.05, 3.63) is 76.2 Å². The van der Waals surface area contributed by atoms with Crippen molar-refractivity contribution in [1.29, 1.82) is 0 Å². The Morgan fingerprint density at radius 2 is 1.92 bits per heavy atom. The third kappa shape index (κ3) is 2.83. The summed E-state index contributed by atoms with van der Waals surface area (Å²) in [4.78, 5) is 13.2. The maximum absolute atomic E-state index is 13.2. The molecular weight excluding hydrogens is 300 g/mol. The average Bonchev–Trinajstić information content (AvgIpc) is 2.60. The highest BCUT2D eigenvalue weighted by Crippen LogP contribution is 2.21. The number of benzene rings is 2. The van der Waals surface area contributed by atoms with Crippen LogP contribution in [-0.4, -0.2) is 16.3 Å². The molecule has 0 spiro atoms. The van der Waals surface area contributed by atoms with E-state index < -0.39 is 0 Å². The zero-order chi connectivity index (χ0) is 17.1. The molecule has 0 amide bonds. The lowest BCUT2D eigenvalue weighted by molar-refractivity contribution is 0.350. The maximum Gasteiger partial charge on any atom is 0.264 e. The van der Waals surface area contributed by atoms with Crippen LogP contribution in [0.5, 0.6) is 0 Å². The lowest BCUT2D eigenvalue weighted by Crippen LogP contribution is -2.26. The summed E-state index contributed by atoms with van der Waals surface area (Å²) in [6.45, 7) is 1.61. The van der Waals surface area contributed by atoms with Crippen LogP contribution in [0.2, 0.25) is 0 Å². The molecule has 0 radical (unpaired) electrons. The highest BCUT2D eigenvalue weighted by Gasteiger charge is 2.15. The van der Waals surface area contributed by atoms with E-state index >= 15 is 0 Å². The van der Waals surface area contributed by atoms with E-state index in [0.717, 1.165) is 16.8 Å². The normalized spacial score (nSPS) is 11.8. The first kappa shape index (κ1) is 16.0. The van der Waals surface area contributed by atoms with Crippen LogP contribution in [0.1, 0.15) is 24.2 Å². The van der Waals surface area contributed by atoms with E-state index in [9.17, 15) is 4.79 Å². The Hall–Kier alpha value is -2.87. The monoisotopic (exact) mass is 318 g/mol. The van der Waals surface area contributed by atoms with Crippen molar-refractivity contribution in [3.8, 4) is 17.5 Å². The quantitative estimate of drug-likeness (QED) is 0.713. The number of aromatic nitrogens is 1. The molecule has 0 bridgehead atoms. The van der Waals surface area contributed by atoms with Crippen molar-refractivity contribution < 1.29 is 5.11 Å². The Kier molecular flexibility index (Phi) is 4.48. The fraction of sp³-hybridized carbons (Fsp3) is 0.150. The van der Waals surface area contributed by atoms with Gasteiger partial charge in [-0.05, 0) is 36.6 Å². The Labute approximate surface area is 140 Å². The number of aliphatic hydroxyl groups excluding tert-OH is 1. The van der Waals surface area contributed by atoms with E-state index in [0.29, 0.717) is 10.9 Å². The van der Waals surface area contributed by atoms with Gasteiger partial charge in [0.1, 0.15) is 6.61 Å². The van der Waals surface area contributed by atoms with Gasteiger partial charge < -0.3 is 10.8 Å². The second-order valence-corrected chi connectivity index (χ2v) is 5.56. The molecule has 4 nitrogen and oxygen atoms in total. The third-order valence-electron chi connectivity index (χ3n) is 3.86. The van der Waals surface area contributed by atoms with E-state index in [2.05, 4.69) is 11.8 Å². The summed E-state index contributed by atoms with van der Waals surface area (Å²) in [6, 6.07) is 16.6. The number of hydrogen-bond acceptors (Lipinski definition) is 3. The number of fused-ring (bicyclic) bond motifs is 1. The van der Waals surface area contributed by atoms with Gasteiger partial charge in [0.05, 0.1) is 5.39 Å². The second kappa shape index (κ2) is 6.71. The standard InChI is InChI=1S/C20H18N2O2/c1-14(21)18-13-16-8-5-7-15(9-6-12-23)19(16)20(24)22(18)17-10-3-2-4-11-17/h2-5,7-8,10-11,13-14,23H,12,21H2,1H3/t14-/m0/s1. The molecular formula is C20H18N2O2. The van der Waals surface area contributed by atoms with Gasteiger partial charge in [0.2, 0.25) is 0 Å². The molecule has 3 rings (SSSR count). The van der Waals surface area contributed by atoms with E-state index in [1.54, 1.807) is 10.6 Å². The molecule has 0 saturated heterocycles. The number of aliphatic hydroxyl groups is 1. The topological polar surface area (TPSA) is 68.2 Å². The zero-order valence-electron chi connectivity index (χ0n) is 13.4. The van der Waals surface area contributed by atoms with E-state index in [4.69, 9.17) is 10.8 Å². The number of para-hydroxylation sites is 1. The van der Waals surface area contributed by atoms with Crippen molar-refractivity contribution in [1.82, 2.24) is 4.57 Å². The van der Waals surface area contributed by atoms with E-state index in [1.165, 1.54) is 0 Å². The summed E-state index contributed by atoms with van der Waals surface area (Å²) < 4.78 is 1.64. The van der Waals surface area contributed by atoms with E-state index in [-0.39, 0.29) is 18.2 Å². The first-order valence-electron chi connectivity index (χ1n) is 7.73. The van der Waals surface area contributed by atoms with Crippen molar-refractivity contribution in [2.45, 2.75) is 13.0 Å². The fourth-order valence-corrected chi connectivity index (χ4v) is 2.80. The number of nitrogens with zero attached hydrogens (tertiary/aromatic N) is 1. The average molecular weight is 318 g/mol. The molecule has 0 aliphatic heterocycles. The first-order chi connectivity index (χ1) is 11.6. The zero-order valence-corrected chi connectivity index (χ0v) is 13.4. The number of pyridine rings is 1. The fourth-order valence-electron chi connectivity index (χ4n) is 2.80.